The van der Waals surface area contributed by atoms with Crippen LogP contribution in [-0.4, -0.2) is 48.8 Å². The van der Waals surface area contributed by atoms with Crippen LogP contribution in [0.2, 0.25) is 0 Å². The first-order chi connectivity index (χ1) is 10.2. The Morgan fingerprint density at radius 1 is 1.33 bits per heavy atom. The van der Waals surface area contributed by atoms with E-state index in [1.54, 1.807) is 6.07 Å². The molecule has 1 aromatic carbocycles. The molecule has 0 aliphatic carbocycles. The van der Waals surface area contributed by atoms with Crippen molar-refractivity contribution in [2.75, 3.05) is 32.9 Å². The van der Waals surface area contributed by atoms with E-state index in [9.17, 15) is 4.79 Å². The van der Waals surface area contributed by atoms with E-state index >= 15 is 0 Å². The maximum Gasteiger partial charge on any atom is 0.260 e. The number of ether oxygens (including phenoxy) is 2. The zero-order valence-corrected chi connectivity index (χ0v) is 12.5. The molecule has 1 aromatic rings. The lowest BCUT2D eigenvalue weighted by Crippen LogP contribution is -2.33. The Bertz CT molecular complexity index is 463. The molecule has 0 aromatic heterocycles. The zero-order valence-electron chi connectivity index (χ0n) is 12.5. The van der Waals surface area contributed by atoms with Gasteiger partial charge in [-0.1, -0.05) is 12.1 Å². The standard InChI is InChI=1S/C16H23NO4/c1-2-20-14-5-3-4-6-15(14)21-12-16(19)17-9-7-13(11-17)8-10-18/h3-6,13,18H,2,7-12H2,1H3. The van der Waals surface area contributed by atoms with E-state index < -0.39 is 0 Å². The molecule has 116 valence electrons. The summed E-state index contributed by atoms with van der Waals surface area (Å²) in [6.45, 7) is 4.15. The fraction of sp³-hybridized carbons (Fsp3) is 0.562. The van der Waals surface area contributed by atoms with E-state index in [1.165, 1.54) is 0 Å². The molecule has 2 rings (SSSR count). The Kier molecular flexibility index (Phi) is 5.87. The van der Waals surface area contributed by atoms with Gasteiger partial charge in [0.15, 0.2) is 18.1 Å². The Morgan fingerprint density at radius 2 is 2.05 bits per heavy atom. The molecule has 0 spiro atoms. The van der Waals surface area contributed by atoms with Crippen molar-refractivity contribution in [3.8, 4) is 11.5 Å². The maximum atomic E-state index is 12.1. The maximum absolute atomic E-state index is 12.1. The number of aliphatic hydroxyl groups is 1. The molecule has 1 aliphatic heterocycles. The number of hydrogen-bond donors (Lipinski definition) is 1. The summed E-state index contributed by atoms with van der Waals surface area (Å²) in [5.74, 6) is 1.66. The number of likely N-dealkylation sites (tertiary alicyclic amines) is 1. The Labute approximate surface area is 125 Å². The first-order valence-corrected chi connectivity index (χ1v) is 7.47. The lowest BCUT2D eigenvalue weighted by Gasteiger charge is -2.17. The van der Waals surface area contributed by atoms with Gasteiger partial charge in [0.2, 0.25) is 0 Å². The highest BCUT2D eigenvalue weighted by molar-refractivity contribution is 5.78. The van der Waals surface area contributed by atoms with E-state index in [0.29, 0.717) is 24.0 Å². The fourth-order valence-corrected chi connectivity index (χ4v) is 2.55. The molecule has 1 heterocycles. The molecular formula is C16H23NO4. The molecule has 0 saturated carbocycles. The Balaban J connectivity index is 1.84. The van der Waals surface area contributed by atoms with E-state index in [-0.39, 0.29) is 19.1 Å². The van der Waals surface area contributed by atoms with Gasteiger partial charge in [-0.15, -0.1) is 0 Å². The minimum atomic E-state index is -0.0123. The number of nitrogens with zero attached hydrogens (tertiary/aromatic N) is 1. The zero-order chi connectivity index (χ0) is 15.1. The highest BCUT2D eigenvalue weighted by Crippen LogP contribution is 2.26. The lowest BCUT2D eigenvalue weighted by atomic mass is 10.1. The first-order valence-electron chi connectivity index (χ1n) is 7.47. The normalized spacial score (nSPS) is 17.8. The van der Waals surface area contributed by atoms with Crippen LogP contribution in [0.1, 0.15) is 19.8 Å². The van der Waals surface area contributed by atoms with Crippen molar-refractivity contribution in [2.45, 2.75) is 19.8 Å². The summed E-state index contributed by atoms with van der Waals surface area (Å²) in [6.07, 6.45) is 1.72. The van der Waals surface area contributed by atoms with Crippen LogP contribution in [0.3, 0.4) is 0 Å². The quantitative estimate of drug-likeness (QED) is 0.831. The van der Waals surface area contributed by atoms with Gasteiger partial charge in [-0.3, -0.25) is 4.79 Å². The average molecular weight is 293 g/mol. The molecule has 0 radical (unpaired) electrons. The average Bonchev–Trinajstić information content (AvgIpc) is 2.95. The van der Waals surface area contributed by atoms with Crippen LogP contribution in [0.25, 0.3) is 0 Å². The van der Waals surface area contributed by atoms with Crippen LogP contribution in [0.4, 0.5) is 0 Å². The van der Waals surface area contributed by atoms with Gasteiger partial charge < -0.3 is 19.5 Å². The van der Waals surface area contributed by atoms with E-state index in [4.69, 9.17) is 14.6 Å². The summed E-state index contributed by atoms with van der Waals surface area (Å²) in [4.78, 5) is 13.9. The molecule has 1 aliphatic rings. The Hall–Kier alpha value is -1.75. The highest BCUT2D eigenvalue weighted by atomic mass is 16.5. The minimum Gasteiger partial charge on any atom is -0.490 e. The molecule has 1 unspecified atom stereocenters. The fourth-order valence-electron chi connectivity index (χ4n) is 2.55. The van der Waals surface area contributed by atoms with E-state index in [1.807, 2.05) is 30.0 Å². The predicted octanol–water partition coefficient (Wildman–Crippen LogP) is 1.69. The smallest absolute Gasteiger partial charge is 0.260 e. The van der Waals surface area contributed by atoms with Crippen LogP contribution < -0.4 is 9.47 Å². The van der Waals surface area contributed by atoms with Crippen molar-refractivity contribution >= 4 is 5.91 Å². The molecule has 1 atom stereocenters. The SMILES string of the molecule is CCOc1ccccc1OCC(=O)N1CCC(CCO)C1. The third-order valence-electron chi connectivity index (χ3n) is 3.68. The van der Waals surface area contributed by atoms with Crippen LogP contribution in [0.15, 0.2) is 24.3 Å². The second-order valence-electron chi connectivity index (χ2n) is 5.18. The number of amides is 1. The van der Waals surface area contributed by atoms with Crippen molar-refractivity contribution in [2.24, 2.45) is 5.92 Å². The second kappa shape index (κ2) is 7.88. The largest absolute Gasteiger partial charge is 0.490 e. The molecule has 1 N–H and O–H groups in total. The van der Waals surface area contributed by atoms with Crippen molar-refractivity contribution in [3.63, 3.8) is 0 Å². The van der Waals surface area contributed by atoms with Crippen molar-refractivity contribution in [1.29, 1.82) is 0 Å². The van der Waals surface area contributed by atoms with Gasteiger partial charge in [-0.05, 0) is 37.8 Å². The van der Waals surface area contributed by atoms with Gasteiger partial charge in [-0.25, -0.2) is 0 Å². The first kappa shape index (κ1) is 15.6. The lowest BCUT2D eigenvalue weighted by molar-refractivity contribution is -0.132. The molecule has 1 saturated heterocycles. The number of carbonyl (C=O) groups is 1. The number of hydrogen-bond acceptors (Lipinski definition) is 4. The number of carbonyl (C=O) groups excluding carboxylic acids is 1. The molecule has 21 heavy (non-hydrogen) atoms. The Morgan fingerprint density at radius 3 is 2.71 bits per heavy atom. The van der Waals surface area contributed by atoms with Crippen molar-refractivity contribution in [1.82, 2.24) is 4.90 Å². The van der Waals surface area contributed by atoms with Crippen molar-refractivity contribution in [3.05, 3.63) is 24.3 Å². The number of benzene rings is 1. The number of aliphatic hydroxyl groups excluding tert-OH is 1. The topological polar surface area (TPSA) is 59.0 Å². The monoisotopic (exact) mass is 293 g/mol. The molecule has 5 nitrogen and oxygen atoms in total. The summed E-state index contributed by atoms with van der Waals surface area (Å²) >= 11 is 0. The van der Waals surface area contributed by atoms with Crippen LogP contribution >= 0.6 is 0 Å². The van der Waals surface area contributed by atoms with Gasteiger partial charge in [0, 0.05) is 19.7 Å². The summed E-state index contributed by atoms with van der Waals surface area (Å²) in [5.41, 5.74) is 0. The third kappa shape index (κ3) is 4.36. The summed E-state index contributed by atoms with van der Waals surface area (Å²) in [6, 6.07) is 7.36. The van der Waals surface area contributed by atoms with Crippen molar-refractivity contribution < 1.29 is 19.4 Å². The van der Waals surface area contributed by atoms with Gasteiger partial charge in [0.25, 0.3) is 5.91 Å². The van der Waals surface area contributed by atoms with Gasteiger partial charge in [0.05, 0.1) is 6.61 Å². The van der Waals surface area contributed by atoms with Gasteiger partial charge >= 0.3 is 0 Å². The van der Waals surface area contributed by atoms with Gasteiger partial charge in [0.1, 0.15) is 0 Å². The van der Waals surface area contributed by atoms with E-state index in [0.717, 1.165) is 25.9 Å². The highest BCUT2D eigenvalue weighted by Gasteiger charge is 2.26. The third-order valence-corrected chi connectivity index (χ3v) is 3.68. The number of rotatable bonds is 7. The second-order valence-corrected chi connectivity index (χ2v) is 5.18. The summed E-state index contributed by atoms with van der Waals surface area (Å²) < 4.78 is 11.1. The molecule has 5 heteroatoms. The summed E-state index contributed by atoms with van der Waals surface area (Å²) in [7, 11) is 0. The van der Waals surface area contributed by atoms with Crippen LogP contribution in [-0.2, 0) is 4.79 Å². The summed E-state index contributed by atoms with van der Waals surface area (Å²) in [5, 5.41) is 8.94. The molecular weight excluding hydrogens is 270 g/mol. The molecule has 1 amide bonds. The predicted molar refractivity (Wildman–Crippen MR) is 79.5 cm³/mol. The molecule has 1 fully saturated rings. The van der Waals surface area contributed by atoms with Crippen LogP contribution in [0.5, 0.6) is 11.5 Å². The van der Waals surface area contributed by atoms with Crippen LogP contribution in [0, 0.1) is 5.92 Å². The van der Waals surface area contributed by atoms with E-state index in [2.05, 4.69) is 0 Å². The number of para-hydroxylation sites is 2. The van der Waals surface area contributed by atoms with Gasteiger partial charge in [-0.2, -0.15) is 0 Å². The molecule has 0 bridgehead atoms. The minimum absolute atomic E-state index is 0.0123.